The van der Waals surface area contributed by atoms with Crippen molar-refractivity contribution in [3.05, 3.63) is 68.1 Å². The van der Waals surface area contributed by atoms with Gasteiger partial charge < -0.3 is 5.11 Å². The third kappa shape index (κ3) is 4.22. The van der Waals surface area contributed by atoms with Crippen LogP contribution in [0.2, 0.25) is 5.15 Å². The van der Waals surface area contributed by atoms with Crippen LogP contribution in [-0.2, 0) is 29.1 Å². The molecule has 0 fully saturated rings. The Morgan fingerprint density at radius 1 is 1.13 bits per heavy atom. The Bertz CT molecular complexity index is 1270. The van der Waals surface area contributed by atoms with Crippen molar-refractivity contribution in [2.24, 2.45) is 0 Å². The summed E-state index contributed by atoms with van der Waals surface area (Å²) in [5, 5.41) is 9.36. The number of hydrogen-bond acceptors (Lipinski definition) is 5. The van der Waals surface area contributed by atoms with E-state index < -0.39 is 36.2 Å². The Morgan fingerprint density at radius 2 is 1.87 bits per heavy atom. The molecule has 1 aromatic carbocycles. The van der Waals surface area contributed by atoms with E-state index in [-0.39, 0.29) is 21.7 Å². The number of nitrogens with zero attached hydrogens (tertiary/aromatic N) is 4. The summed E-state index contributed by atoms with van der Waals surface area (Å²) in [7, 11) is 0. The predicted molar refractivity (Wildman–Crippen MR) is 112 cm³/mol. The number of halogens is 2. The van der Waals surface area contributed by atoms with Crippen molar-refractivity contribution >= 4 is 51.8 Å². The van der Waals surface area contributed by atoms with Crippen molar-refractivity contribution in [2.75, 3.05) is 4.42 Å². The number of aromatic nitrogens is 3. The van der Waals surface area contributed by atoms with E-state index in [1.165, 1.54) is 18.3 Å². The molecule has 1 N–H and O–H groups in total. The van der Waals surface area contributed by atoms with Crippen LogP contribution in [0.15, 0.2) is 46.1 Å². The van der Waals surface area contributed by atoms with Crippen molar-refractivity contribution in [3.8, 4) is 0 Å². The smallest absolute Gasteiger partial charge is 0.332 e. The fourth-order valence-electron chi connectivity index (χ4n) is 2.97. The lowest BCUT2D eigenvalue weighted by atomic mass is 10.1. The number of carbonyl (C=O) groups excluding carboxylic acids is 1. The van der Waals surface area contributed by atoms with Crippen LogP contribution in [0.5, 0.6) is 0 Å². The molecule has 2 heterocycles. The molecule has 0 unspecified atom stereocenters. The first kappa shape index (κ1) is 21.5. The molecule has 0 saturated carbocycles. The van der Waals surface area contributed by atoms with Crippen molar-refractivity contribution < 1.29 is 14.7 Å². The van der Waals surface area contributed by atoms with E-state index in [2.05, 4.69) is 4.98 Å². The van der Waals surface area contributed by atoms with Gasteiger partial charge in [-0.25, -0.2) is 18.8 Å². The molecule has 0 aliphatic rings. The number of benzene rings is 1. The monoisotopic (exact) mass is 450 g/mol. The number of pyridine rings is 1. The van der Waals surface area contributed by atoms with Crippen LogP contribution in [0, 0.1) is 0 Å². The molecular weight excluding hydrogens is 435 g/mol. The van der Waals surface area contributed by atoms with Gasteiger partial charge in [0.25, 0.3) is 11.5 Å². The molecule has 0 radical (unpaired) electrons. The molecule has 0 atom stereocenters. The first-order valence-corrected chi connectivity index (χ1v) is 9.53. The van der Waals surface area contributed by atoms with E-state index in [1.54, 1.807) is 18.2 Å². The second kappa shape index (κ2) is 8.68. The standard InChI is InChI=1S/C19H16Cl2N4O5/c1-2-11-3-4-14-13(7-11)18(29)24(10-17(27)28)19(30)23(14)9-16(26)25(21)12-5-6-22-15(20)8-12/h3-8H,2,9-10H2,1H3,(H,27,28). The molecule has 0 aliphatic carbocycles. The summed E-state index contributed by atoms with van der Waals surface area (Å²) in [5.74, 6) is -2.05. The summed E-state index contributed by atoms with van der Waals surface area (Å²) in [4.78, 5) is 53.3. The van der Waals surface area contributed by atoms with Crippen LogP contribution in [0.1, 0.15) is 12.5 Å². The molecule has 1 amide bonds. The molecule has 30 heavy (non-hydrogen) atoms. The fourth-order valence-corrected chi connectivity index (χ4v) is 3.30. The minimum Gasteiger partial charge on any atom is -0.480 e. The van der Waals surface area contributed by atoms with Crippen LogP contribution < -0.4 is 15.7 Å². The molecule has 3 rings (SSSR count). The minimum atomic E-state index is -1.36. The molecule has 9 nitrogen and oxygen atoms in total. The molecular formula is C19H16Cl2N4O5. The fraction of sp³-hybridized carbons (Fsp3) is 0.211. The van der Waals surface area contributed by atoms with E-state index >= 15 is 0 Å². The molecule has 0 aliphatic heterocycles. The summed E-state index contributed by atoms with van der Waals surface area (Å²) in [6.07, 6.45) is 1.99. The highest BCUT2D eigenvalue weighted by Gasteiger charge is 2.20. The normalized spacial score (nSPS) is 10.9. The van der Waals surface area contributed by atoms with Crippen molar-refractivity contribution in [2.45, 2.75) is 26.4 Å². The number of aryl methyl sites for hydroxylation is 1. The summed E-state index contributed by atoms with van der Waals surface area (Å²) in [6.45, 7) is 0.536. The second-order valence-electron chi connectivity index (χ2n) is 6.37. The third-order valence-electron chi connectivity index (χ3n) is 4.44. The number of anilines is 1. The van der Waals surface area contributed by atoms with E-state index in [4.69, 9.17) is 28.5 Å². The zero-order valence-electron chi connectivity index (χ0n) is 15.7. The number of rotatable bonds is 6. The quantitative estimate of drug-likeness (QED) is 0.453. The molecule has 0 bridgehead atoms. The SMILES string of the molecule is CCc1ccc2c(c1)c(=O)n(CC(=O)O)c(=O)n2CC(=O)N(Cl)c1ccnc(Cl)c1. The Kier molecular flexibility index (Phi) is 6.23. The highest BCUT2D eigenvalue weighted by atomic mass is 35.5. The van der Waals surface area contributed by atoms with Gasteiger partial charge in [-0.05, 0) is 30.2 Å². The lowest BCUT2D eigenvalue weighted by Crippen LogP contribution is -2.43. The van der Waals surface area contributed by atoms with Gasteiger partial charge in [0, 0.05) is 24.0 Å². The highest BCUT2D eigenvalue weighted by Crippen LogP contribution is 2.20. The highest BCUT2D eigenvalue weighted by molar-refractivity contribution is 6.37. The summed E-state index contributed by atoms with van der Waals surface area (Å²) in [5.41, 5.74) is -0.394. The van der Waals surface area contributed by atoms with Gasteiger partial charge in [-0.1, -0.05) is 24.6 Å². The first-order valence-electron chi connectivity index (χ1n) is 8.81. The number of amides is 1. The minimum absolute atomic E-state index is 0.121. The van der Waals surface area contributed by atoms with Crippen LogP contribution in [0.4, 0.5) is 5.69 Å². The topological polar surface area (TPSA) is 114 Å². The third-order valence-corrected chi connectivity index (χ3v) is 5.03. The summed E-state index contributed by atoms with van der Waals surface area (Å²) < 4.78 is 2.39. The van der Waals surface area contributed by atoms with Crippen LogP contribution in [-0.4, -0.2) is 31.1 Å². The molecule has 0 spiro atoms. The van der Waals surface area contributed by atoms with Crippen molar-refractivity contribution in [1.29, 1.82) is 0 Å². The molecule has 3 aromatic rings. The van der Waals surface area contributed by atoms with E-state index in [1.807, 2.05) is 6.92 Å². The van der Waals surface area contributed by atoms with Gasteiger partial charge in [0.05, 0.1) is 16.6 Å². The second-order valence-corrected chi connectivity index (χ2v) is 7.10. The number of aliphatic carboxylic acids is 1. The first-order chi connectivity index (χ1) is 14.2. The average molecular weight is 451 g/mol. The predicted octanol–water partition coefficient (Wildman–Crippen LogP) is 2.05. The number of carbonyl (C=O) groups is 2. The molecule has 0 saturated heterocycles. The zero-order chi connectivity index (χ0) is 22.0. The van der Waals surface area contributed by atoms with Crippen molar-refractivity contribution in [1.82, 2.24) is 14.1 Å². The Balaban J connectivity index is 2.14. The molecule has 11 heteroatoms. The number of fused-ring (bicyclic) bond motifs is 1. The molecule has 2 aromatic heterocycles. The maximum Gasteiger partial charge on any atom is 0.332 e. The van der Waals surface area contributed by atoms with E-state index in [0.29, 0.717) is 11.0 Å². The summed E-state index contributed by atoms with van der Waals surface area (Å²) in [6, 6.07) is 7.68. The Labute approximate surface area is 179 Å². The van der Waals surface area contributed by atoms with Gasteiger partial charge in [-0.15, -0.1) is 0 Å². The van der Waals surface area contributed by atoms with Gasteiger partial charge >= 0.3 is 11.7 Å². The zero-order valence-corrected chi connectivity index (χ0v) is 17.2. The Morgan fingerprint density at radius 3 is 2.50 bits per heavy atom. The lowest BCUT2D eigenvalue weighted by molar-refractivity contribution is -0.137. The lowest BCUT2D eigenvalue weighted by Gasteiger charge is -2.17. The van der Waals surface area contributed by atoms with Gasteiger partial charge in [0.1, 0.15) is 18.2 Å². The van der Waals surface area contributed by atoms with Crippen LogP contribution >= 0.6 is 23.4 Å². The number of hydrogen-bond donors (Lipinski definition) is 1. The number of carboxylic acids is 1. The van der Waals surface area contributed by atoms with E-state index in [9.17, 15) is 19.2 Å². The maximum atomic E-state index is 12.9. The average Bonchev–Trinajstić information content (AvgIpc) is 2.72. The van der Waals surface area contributed by atoms with Crippen LogP contribution in [0.3, 0.4) is 0 Å². The largest absolute Gasteiger partial charge is 0.480 e. The van der Waals surface area contributed by atoms with Gasteiger partial charge in [0.2, 0.25) is 0 Å². The number of carboxylic acid groups (broad SMARTS) is 1. The van der Waals surface area contributed by atoms with Gasteiger partial charge in [-0.2, -0.15) is 0 Å². The van der Waals surface area contributed by atoms with Gasteiger partial charge in [-0.3, -0.25) is 19.0 Å². The Hall–Kier alpha value is -3.17. The van der Waals surface area contributed by atoms with Crippen molar-refractivity contribution in [3.63, 3.8) is 0 Å². The van der Waals surface area contributed by atoms with Gasteiger partial charge in [0.15, 0.2) is 0 Å². The summed E-state index contributed by atoms with van der Waals surface area (Å²) >= 11 is 11.9. The van der Waals surface area contributed by atoms with E-state index in [0.717, 1.165) is 14.5 Å². The van der Waals surface area contributed by atoms with Crippen LogP contribution in [0.25, 0.3) is 10.9 Å². The molecule has 156 valence electrons. The maximum absolute atomic E-state index is 12.9.